The SMILES string of the molecule is CC1CCC(NC(=O)CSc2nnc(-c3ccncc3)n2-c2ccc(Cl)c(Cl)c2)CC1. The molecule has 0 unspecified atom stereocenters. The van der Waals surface area contributed by atoms with Crippen molar-refractivity contribution in [2.24, 2.45) is 5.92 Å². The van der Waals surface area contributed by atoms with Crippen LogP contribution in [0.15, 0.2) is 47.9 Å². The molecule has 3 aromatic rings. The maximum Gasteiger partial charge on any atom is 0.230 e. The highest BCUT2D eigenvalue weighted by atomic mass is 35.5. The molecule has 6 nitrogen and oxygen atoms in total. The highest BCUT2D eigenvalue weighted by Gasteiger charge is 2.21. The van der Waals surface area contributed by atoms with Crippen LogP contribution in [0.25, 0.3) is 17.1 Å². The van der Waals surface area contributed by atoms with Crippen molar-refractivity contribution >= 4 is 40.9 Å². The first-order chi connectivity index (χ1) is 15.0. The standard InChI is InChI=1S/C22H23Cl2N5OS/c1-14-2-4-16(5-3-14)26-20(30)13-31-22-28-27-21(15-8-10-25-11-9-15)29(22)17-6-7-18(23)19(24)12-17/h6-12,14,16H,2-5,13H2,1H3,(H,26,30). The Bertz CT molecular complexity index is 1050. The average molecular weight is 476 g/mol. The molecule has 9 heteroatoms. The monoisotopic (exact) mass is 475 g/mol. The van der Waals surface area contributed by atoms with Gasteiger partial charge in [-0.15, -0.1) is 10.2 Å². The number of hydrogen-bond acceptors (Lipinski definition) is 5. The summed E-state index contributed by atoms with van der Waals surface area (Å²) < 4.78 is 1.89. The Hall–Kier alpha value is -2.09. The summed E-state index contributed by atoms with van der Waals surface area (Å²) in [5, 5.41) is 13.4. The van der Waals surface area contributed by atoms with Gasteiger partial charge < -0.3 is 5.32 Å². The highest BCUT2D eigenvalue weighted by Crippen LogP contribution is 2.31. The lowest BCUT2D eigenvalue weighted by atomic mass is 9.87. The van der Waals surface area contributed by atoms with Crippen LogP contribution in [0.2, 0.25) is 10.0 Å². The molecule has 0 saturated heterocycles. The molecule has 2 heterocycles. The number of hydrogen-bond donors (Lipinski definition) is 1. The summed E-state index contributed by atoms with van der Waals surface area (Å²) in [6.07, 6.45) is 7.83. The molecule has 0 atom stereocenters. The van der Waals surface area contributed by atoms with Gasteiger partial charge in [-0.1, -0.05) is 41.9 Å². The first kappa shape index (κ1) is 22.1. The van der Waals surface area contributed by atoms with Crippen LogP contribution in [0.3, 0.4) is 0 Å². The summed E-state index contributed by atoms with van der Waals surface area (Å²) in [6, 6.07) is 9.36. The maximum atomic E-state index is 12.6. The van der Waals surface area contributed by atoms with Gasteiger partial charge in [0, 0.05) is 24.0 Å². The van der Waals surface area contributed by atoms with E-state index in [0.29, 0.717) is 21.0 Å². The summed E-state index contributed by atoms with van der Waals surface area (Å²) in [7, 11) is 0. The van der Waals surface area contributed by atoms with E-state index in [0.717, 1.165) is 30.0 Å². The van der Waals surface area contributed by atoms with Gasteiger partial charge in [-0.2, -0.15) is 0 Å². The van der Waals surface area contributed by atoms with Crippen molar-refractivity contribution in [2.75, 3.05) is 5.75 Å². The van der Waals surface area contributed by atoms with Gasteiger partial charge in [0.15, 0.2) is 11.0 Å². The van der Waals surface area contributed by atoms with Crippen LogP contribution in [0.4, 0.5) is 0 Å². The van der Waals surface area contributed by atoms with Crippen LogP contribution in [-0.4, -0.2) is 37.5 Å². The molecule has 0 aliphatic heterocycles. The summed E-state index contributed by atoms with van der Waals surface area (Å²) in [5.74, 6) is 1.67. The van der Waals surface area contributed by atoms with Crippen LogP contribution in [0.5, 0.6) is 0 Å². The van der Waals surface area contributed by atoms with Crippen molar-refractivity contribution in [3.05, 3.63) is 52.8 Å². The van der Waals surface area contributed by atoms with E-state index in [4.69, 9.17) is 23.2 Å². The van der Waals surface area contributed by atoms with E-state index in [1.165, 1.54) is 24.6 Å². The molecule has 1 N–H and O–H groups in total. The smallest absolute Gasteiger partial charge is 0.230 e. The van der Waals surface area contributed by atoms with E-state index in [2.05, 4.69) is 27.4 Å². The lowest BCUT2D eigenvalue weighted by Crippen LogP contribution is -2.38. The number of carbonyl (C=O) groups is 1. The van der Waals surface area contributed by atoms with Crippen molar-refractivity contribution in [1.29, 1.82) is 0 Å². The fourth-order valence-electron chi connectivity index (χ4n) is 3.71. The van der Waals surface area contributed by atoms with Crippen LogP contribution in [0.1, 0.15) is 32.6 Å². The normalized spacial score (nSPS) is 18.7. The number of halogens is 2. The van der Waals surface area contributed by atoms with Gasteiger partial charge in [-0.05, 0) is 61.9 Å². The minimum Gasteiger partial charge on any atom is -0.353 e. The van der Waals surface area contributed by atoms with E-state index >= 15 is 0 Å². The first-order valence-corrected chi connectivity index (χ1v) is 12.0. The Morgan fingerprint density at radius 2 is 1.84 bits per heavy atom. The number of aromatic nitrogens is 4. The van der Waals surface area contributed by atoms with Crippen LogP contribution >= 0.6 is 35.0 Å². The van der Waals surface area contributed by atoms with Crippen molar-refractivity contribution in [3.63, 3.8) is 0 Å². The summed E-state index contributed by atoms with van der Waals surface area (Å²) >= 11 is 13.7. The second-order valence-electron chi connectivity index (χ2n) is 7.79. The molecular weight excluding hydrogens is 453 g/mol. The number of rotatable bonds is 6. The second-order valence-corrected chi connectivity index (χ2v) is 9.55. The van der Waals surface area contributed by atoms with Crippen LogP contribution < -0.4 is 5.32 Å². The molecule has 4 rings (SSSR count). The number of nitrogens with one attached hydrogen (secondary N) is 1. The van der Waals surface area contributed by atoms with Gasteiger partial charge in [0.25, 0.3) is 0 Å². The Labute approximate surface area is 195 Å². The topological polar surface area (TPSA) is 72.7 Å². The van der Waals surface area contributed by atoms with Gasteiger partial charge in [0.2, 0.25) is 5.91 Å². The third-order valence-corrected chi connectivity index (χ3v) is 7.11. The van der Waals surface area contributed by atoms with E-state index in [9.17, 15) is 4.79 Å². The van der Waals surface area contributed by atoms with Gasteiger partial charge in [0.05, 0.1) is 21.5 Å². The fourth-order valence-corrected chi connectivity index (χ4v) is 4.77. The van der Waals surface area contributed by atoms with Gasteiger partial charge in [-0.3, -0.25) is 14.3 Å². The lowest BCUT2D eigenvalue weighted by molar-refractivity contribution is -0.119. The zero-order chi connectivity index (χ0) is 21.8. The summed E-state index contributed by atoms with van der Waals surface area (Å²) in [5.41, 5.74) is 1.64. The molecule has 31 heavy (non-hydrogen) atoms. The number of pyridine rings is 1. The molecule has 2 aromatic heterocycles. The van der Waals surface area contributed by atoms with E-state index in [-0.39, 0.29) is 17.7 Å². The summed E-state index contributed by atoms with van der Waals surface area (Å²) in [6.45, 7) is 2.27. The van der Waals surface area contributed by atoms with E-state index in [1.807, 2.05) is 22.8 Å². The Morgan fingerprint density at radius 3 is 2.55 bits per heavy atom. The second kappa shape index (κ2) is 10.0. The molecule has 1 aliphatic rings. The fraction of sp³-hybridized carbons (Fsp3) is 0.364. The molecule has 0 spiro atoms. The molecule has 0 bridgehead atoms. The zero-order valence-electron chi connectivity index (χ0n) is 17.1. The maximum absolute atomic E-state index is 12.6. The molecule has 0 radical (unpaired) electrons. The number of carbonyl (C=O) groups excluding carboxylic acids is 1. The molecular formula is C22H23Cl2N5OS. The van der Waals surface area contributed by atoms with Crippen molar-refractivity contribution in [2.45, 2.75) is 43.8 Å². The Morgan fingerprint density at radius 1 is 1.10 bits per heavy atom. The minimum absolute atomic E-state index is 0.0127. The predicted octanol–water partition coefficient (Wildman–Crippen LogP) is 5.42. The number of nitrogens with zero attached hydrogens (tertiary/aromatic N) is 4. The first-order valence-electron chi connectivity index (χ1n) is 10.2. The minimum atomic E-state index is 0.0127. The Balaban J connectivity index is 1.55. The molecule has 162 valence electrons. The van der Waals surface area contributed by atoms with Crippen molar-refractivity contribution in [1.82, 2.24) is 25.1 Å². The molecule has 1 aliphatic carbocycles. The largest absolute Gasteiger partial charge is 0.353 e. The third-order valence-electron chi connectivity index (χ3n) is 5.45. The van der Waals surface area contributed by atoms with Gasteiger partial charge in [-0.25, -0.2) is 0 Å². The van der Waals surface area contributed by atoms with E-state index < -0.39 is 0 Å². The van der Waals surface area contributed by atoms with Crippen molar-refractivity contribution in [3.8, 4) is 17.1 Å². The number of thioether (sulfide) groups is 1. The lowest BCUT2D eigenvalue weighted by Gasteiger charge is -2.26. The Kier molecular flexibility index (Phi) is 7.15. The number of amides is 1. The molecule has 1 fully saturated rings. The number of benzene rings is 1. The zero-order valence-corrected chi connectivity index (χ0v) is 19.4. The highest BCUT2D eigenvalue weighted by molar-refractivity contribution is 7.99. The van der Waals surface area contributed by atoms with Crippen molar-refractivity contribution < 1.29 is 4.79 Å². The van der Waals surface area contributed by atoms with Crippen LogP contribution in [0, 0.1) is 5.92 Å². The quantitative estimate of drug-likeness (QED) is 0.481. The molecule has 1 aromatic carbocycles. The molecule has 1 saturated carbocycles. The summed E-state index contributed by atoms with van der Waals surface area (Å²) in [4.78, 5) is 16.6. The van der Waals surface area contributed by atoms with E-state index in [1.54, 1.807) is 24.5 Å². The van der Waals surface area contributed by atoms with Gasteiger partial charge in [0.1, 0.15) is 0 Å². The van der Waals surface area contributed by atoms with Gasteiger partial charge >= 0.3 is 0 Å². The average Bonchev–Trinajstić information content (AvgIpc) is 3.20. The molecule has 1 amide bonds. The van der Waals surface area contributed by atoms with Crippen LogP contribution in [-0.2, 0) is 4.79 Å². The predicted molar refractivity (Wildman–Crippen MR) is 125 cm³/mol. The third kappa shape index (κ3) is 5.40.